The van der Waals surface area contributed by atoms with Gasteiger partial charge in [0.05, 0.1) is 15.6 Å². The lowest BCUT2D eigenvalue weighted by Gasteiger charge is -2.30. The summed E-state index contributed by atoms with van der Waals surface area (Å²) in [6.07, 6.45) is 7.47. The summed E-state index contributed by atoms with van der Waals surface area (Å²) in [5, 5.41) is 0.833. The lowest BCUT2D eigenvalue weighted by atomic mass is 9.94. The van der Waals surface area contributed by atoms with Gasteiger partial charge >= 0.3 is 0 Å². The van der Waals surface area contributed by atoms with Crippen LogP contribution in [0.4, 0.5) is 10.1 Å². The number of para-hydroxylation sites is 1. The number of benzene rings is 2. The second-order valence-corrected chi connectivity index (χ2v) is 10.5. The van der Waals surface area contributed by atoms with E-state index in [0.29, 0.717) is 4.91 Å². The molecule has 2 heterocycles. The molecule has 3 aromatic rings. The van der Waals surface area contributed by atoms with Crippen molar-refractivity contribution in [2.45, 2.75) is 52.0 Å². The number of amidine groups is 1. The highest BCUT2D eigenvalue weighted by atomic mass is 35.5. The number of hydrogen-bond donors (Lipinski definition) is 0. The Kier molecular flexibility index (Phi) is 6.85. The molecule has 2 aromatic carbocycles. The topological polar surface area (TPSA) is 37.6 Å². The number of carbonyl (C=O) groups excluding carboxylic acids is 1. The predicted molar refractivity (Wildman–Crippen MR) is 143 cm³/mol. The van der Waals surface area contributed by atoms with Crippen LogP contribution < -0.4 is 0 Å². The molecule has 1 amide bonds. The second-order valence-electron chi connectivity index (χ2n) is 9.07. The van der Waals surface area contributed by atoms with Crippen molar-refractivity contribution in [1.29, 1.82) is 0 Å². The van der Waals surface area contributed by atoms with Crippen molar-refractivity contribution in [3.8, 4) is 5.69 Å². The molecular weight excluding hydrogens is 481 g/mol. The summed E-state index contributed by atoms with van der Waals surface area (Å²) >= 11 is 7.48. The van der Waals surface area contributed by atoms with Crippen LogP contribution in [0.5, 0.6) is 0 Å². The zero-order valence-electron chi connectivity index (χ0n) is 19.8. The van der Waals surface area contributed by atoms with Crippen molar-refractivity contribution in [3.63, 3.8) is 0 Å². The molecule has 0 N–H and O–H groups in total. The van der Waals surface area contributed by atoms with Crippen molar-refractivity contribution in [2.75, 3.05) is 0 Å². The lowest BCUT2D eigenvalue weighted by molar-refractivity contribution is -0.124. The van der Waals surface area contributed by atoms with E-state index in [-0.39, 0.29) is 17.0 Å². The first kappa shape index (κ1) is 23.9. The fourth-order valence-corrected chi connectivity index (χ4v) is 6.16. The third-order valence-electron chi connectivity index (χ3n) is 6.68. The Balaban J connectivity index is 1.52. The summed E-state index contributed by atoms with van der Waals surface area (Å²) in [5.74, 6) is -0.424. The first-order valence-electron chi connectivity index (χ1n) is 11.9. The van der Waals surface area contributed by atoms with Crippen molar-refractivity contribution >= 4 is 46.2 Å². The number of aromatic nitrogens is 1. The van der Waals surface area contributed by atoms with Gasteiger partial charge in [-0.2, -0.15) is 0 Å². The van der Waals surface area contributed by atoms with Crippen LogP contribution in [0.1, 0.15) is 49.1 Å². The number of carbonyl (C=O) groups is 1. The monoisotopic (exact) mass is 507 g/mol. The van der Waals surface area contributed by atoms with Crippen LogP contribution in [0.25, 0.3) is 11.8 Å². The van der Waals surface area contributed by atoms with Gasteiger partial charge in [0.15, 0.2) is 5.17 Å². The number of aryl methyl sites for hydroxylation is 1. The predicted octanol–water partition coefficient (Wildman–Crippen LogP) is 7.82. The largest absolute Gasteiger partial charge is 0.318 e. The van der Waals surface area contributed by atoms with E-state index < -0.39 is 5.82 Å². The van der Waals surface area contributed by atoms with Crippen molar-refractivity contribution < 1.29 is 9.18 Å². The maximum Gasteiger partial charge on any atom is 0.267 e. The third-order valence-corrected chi connectivity index (χ3v) is 7.95. The lowest BCUT2D eigenvalue weighted by Crippen LogP contribution is -2.40. The molecule has 2 fully saturated rings. The molecule has 5 rings (SSSR count). The quantitative estimate of drug-likeness (QED) is 0.337. The maximum absolute atomic E-state index is 13.7. The molecule has 0 bridgehead atoms. The van der Waals surface area contributed by atoms with E-state index in [2.05, 4.69) is 0 Å². The zero-order valence-corrected chi connectivity index (χ0v) is 21.4. The summed E-state index contributed by atoms with van der Waals surface area (Å²) in [5.41, 5.74) is 4.52. The Morgan fingerprint density at radius 2 is 1.80 bits per heavy atom. The number of aliphatic imine (C=N–C) groups is 1. The number of amides is 1. The molecule has 7 heteroatoms. The van der Waals surface area contributed by atoms with Crippen LogP contribution in [-0.2, 0) is 4.79 Å². The van der Waals surface area contributed by atoms with Gasteiger partial charge in [-0.3, -0.25) is 9.69 Å². The van der Waals surface area contributed by atoms with E-state index in [1.807, 2.05) is 65.8 Å². The van der Waals surface area contributed by atoms with Gasteiger partial charge in [-0.05, 0) is 86.5 Å². The van der Waals surface area contributed by atoms with E-state index >= 15 is 0 Å². The Hall–Kier alpha value is -2.83. The van der Waals surface area contributed by atoms with Gasteiger partial charge in [-0.25, -0.2) is 9.38 Å². The molecular formula is C28H27ClFN3OS. The highest BCUT2D eigenvalue weighted by Crippen LogP contribution is 2.39. The van der Waals surface area contributed by atoms with Crippen LogP contribution in [-0.4, -0.2) is 26.6 Å². The average Bonchev–Trinajstić information content (AvgIpc) is 3.31. The Bertz CT molecular complexity index is 1330. The molecule has 0 unspecified atom stereocenters. The molecule has 0 spiro atoms. The minimum absolute atomic E-state index is 0.0196. The fourth-order valence-electron chi connectivity index (χ4n) is 4.94. The average molecular weight is 508 g/mol. The third kappa shape index (κ3) is 4.82. The van der Waals surface area contributed by atoms with Crippen LogP contribution in [0.2, 0.25) is 5.02 Å². The normalized spacial score (nSPS) is 19.3. The van der Waals surface area contributed by atoms with Gasteiger partial charge in [0.25, 0.3) is 5.91 Å². The van der Waals surface area contributed by atoms with Gasteiger partial charge in [-0.15, -0.1) is 0 Å². The van der Waals surface area contributed by atoms with Crippen LogP contribution in [0.15, 0.2) is 64.5 Å². The molecule has 4 nitrogen and oxygen atoms in total. The zero-order chi connectivity index (χ0) is 24.5. The van der Waals surface area contributed by atoms with Gasteiger partial charge in [0.2, 0.25) is 0 Å². The minimum Gasteiger partial charge on any atom is -0.318 e. The SMILES string of the molecule is Cc1cc(/C=C2\SC(=Nc3ccccc3)N(C3CCCCC3)C2=O)c(C)n1-c1ccc(F)c(Cl)c1. The Morgan fingerprint density at radius 1 is 1.06 bits per heavy atom. The molecule has 2 aliphatic rings. The van der Waals surface area contributed by atoms with E-state index in [4.69, 9.17) is 16.6 Å². The summed E-state index contributed by atoms with van der Waals surface area (Å²) in [6, 6.07) is 16.7. The molecule has 1 saturated carbocycles. The first-order valence-corrected chi connectivity index (χ1v) is 13.1. The maximum atomic E-state index is 13.7. The minimum atomic E-state index is -0.443. The molecule has 180 valence electrons. The van der Waals surface area contributed by atoms with E-state index in [0.717, 1.165) is 59.2 Å². The van der Waals surface area contributed by atoms with Crippen molar-refractivity contribution in [1.82, 2.24) is 9.47 Å². The summed E-state index contributed by atoms with van der Waals surface area (Å²) < 4.78 is 15.7. The number of thioether (sulfide) groups is 1. The number of hydrogen-bond acceptors (Lipinski definition) is 3. The highest BCUT2D eigenvalue weighted by Gasteiger charge is 2.38. The van der Waals surface area contributed by atoms with Crippen LogP contribution >= 0.6 is 23.4 Å². The number of halogens is 2. The Labute approximate surface area is 214 Å². The summed E-state index contributed by atoms with van der Waals surface area (Å²) in [6.45, 7) is 3.99. The molecule has 1 aliphatic heterocycles. The van der Waals surface area contributed by atoms with Crippen molar-refractivity contribution in [2.24, 2.45) is 4.99 Å². The smallest absolute Gasteiger partial charge is 0.267 e. The van der Waals surface area contributed by atoms with Gasteiger partial charge in [0.1, 0.15) is 5.82 Å². The van der Waals surface area contributed by atoms with E-state index in [9.17, 15) is 9.18 Å². The molecule has 0 atom stereocenters. The standard InChI is InChI=1S/C28H27ClFN3OS/c1-18-15-20(19(2)32(18)23-13-14-25(30)24(29)17-23)16-26-27(34)33(22-11-7-4-8-12-22)28(35-26)31-21-9-5-3-6-10-21/h3,5-6,9-10,13-17,22H,4,7-8,11-12H2,1-2H3/b26-16-,31-28?. The second kappa shape index (κ2) is 10.0. The van der Waals surface area contributed by atoms with Gasteiger partial charge < -0.3 is 4.57 Å². The van der Waals surface area contributed by atoms with Crippen molar-refractivity contribution in [3.05, 3.63) is 87.3 Å². The number of nitrogens with zero attached hydrogens (tertiary/aromatic N) is 3. The summed E-state index contributed by atoms with van der Waals surface area (Å²) in [7, 11) is 0. The molecule has 1 aromatic heterocycles. The Morgan fingerprint density at radius 3 is 2.51 bits per heavy atom. The molecule has 0 radical (unpaired) electrons. The van der Waals surface area contributed by atoms with E-state index in [1.54, 1.807) is 12.1 Å². The fraction of sp³-hybridized carbons (Fsp3) is 0.286. The highest BCUT2D eigenvalue weighted by molar-refractivity contribution is 8.18. The summed E-state index contributed by atoms with van der Waals surface area (Å²) in [4.78, 5) is 21.1. The van der Waals surface area contributed by atoms with Crippen LogP contribution in [0.3, 0.4) is 0 Å². The van der Waals surface area contributed by atoms with Crippen LogP contribution in [0, 0.1) is 19.7 Å². The van der Waals surface area contributed by atoms with E-state index in [1.165, 1.54) is 24.2 Å². The molecule has 35 heavy (non-hydrogen) atoms. The van der Waals surface area contributed by atoms with Gasteiger partial charge in [-0.1, -0.05) is 49.1 Å². The van der Waals surface area contributed by atoms with Gasteiger partial charge in [0, 0.05) is 23.1 Å². The first-order chi connectivity index (χ1) is 16.9. The molecule has 1 aliphatic carbocycles. The molecule has 1 saturated heterocycles. The number of rotatable bonds is 4.